The molecule has 0 fully saturated rings. The maximum atomic E-state index is 5.61. The van der Waals surface area contributed by atoms with Gasteiger partial charge in [0, 0.05) is 23.7 Å². The Morgan fingerprint density at radius 3 is 2.90 bits per heavy atom. The number of nitrogens with one attached hydrogen (secondary N) is 1. The van der Waals surface area contributed by atoms with Crippen LogP contribution < -0.4 is 10.1 Å². The molecule has 1 unspecified atom stereocenters. The van der Waals surface area contributed by atoms with E-state index in [1.54, 1.807) is 18.4 Å². The SMILES string of the molecule is COCCOc1cccc(NC(C)c2scnc2C)c1. The number of methoxy groups -OCH3 is 1. The van der Waals surface area contributed by atoms with E-state index in [0.717, 1.165) is 17.1 Å². The van der Waals surface area contributed by atoms with E-state index in [1.165, 1.54) is 4.88 Å². The highest BCUT2D eigenvalue weighted by molar-refractivity contribution is 7.09. The molecule has 1 N–H and O–H groups in total. The minimum absolute atomic E-state index is 0.233. The van der Waals surface area contributed by atoms with E-state index in [4.69, 9.17) is 9.47 Å². The Hall–Kier alpha value is -1.59. The van der Waals surface area contributed by atoms with Gasteiger partial charge in [-0.2, -0.15) is 0 Å². The summed E-state index contributed by atoms with van der Waals surface area (Å²) < 4.78 is 10.6. The highest BCUT2D eigenvalue weighted by Crippen LogP contribution is 2.26. The van der Waals surface area contributed by atoms with E-state index >= 15 is 0 Å². The van der Waals surface area contributed by atoms with Crippen LogP contribution in [-0.2, 0) is 4.74 Å². The number of ether oxygens (including phenoxy) is 2. The van der Waals surface area contributed by atoms with Gasteiger partial charge in [-0.15, -0.1) is 11.3 Å². The first-order valence-corrected chi connectivity index (χ1v) is 7.47. The molecule has 108 valence electrons. The zero-order valence-corrected chi connectivity index (χ0v) is 12.9. The summed E-state index contributed by atoms with van der Waals surface area (Å²) in [6.07, 6.45) is 0. The molecule has 5 heteroatoms. The van der Waals surface area contributed by atoms with Gasteiger partial charge in [0.2, 0.25) is 0 Å². The van der Waals surface area contributed by atoms with E-state index < -0.39 is 0 Å². The van der Waals surface area contributed by atoms with Gasteiger partial charge >= 0.3 is 0 Å². The third kappa shape index (κ3) is 3.95. The first-order chi connectivity index (χ1) is 9.70. The molecule has 0 saturated heterocycles. The van der Waals surface area contributed by atoms with Gasteiger partial charge in [0.1, 0.15) is 12.4 Å². The monoisotopic (exact) mass is 292 g/mol. The molecule has 0 bridgehead atoms. The van der Waals surface area contributed by atoms with Crippen molar-refractivity contribution in [2.45, 2.75) is 19.9 Å². The van der Waals surface area contributed by atoms with Crippen LogP contribution in [0.4, 0.5) is 5.69 Å². The molecule has 4 nitrogen and oxygen atoms in total. The van der Waals surface area contributed by atoms with Crippen LogP contribution in [0.2, 0.25) is 0 Å². The number of aryl methyl sites for hydroxylation is 1. The molecule has 0 aliphatic rings. The highest BCUT2D eigenvalue weighted by Gasteiger charge is 2.10. The summed E-state index contributed by atoms with van der Waals surface area (Å²) in [6, 6.07) is 8.20. The van der Waals surface area contributed by atoms with Crippen LogP contribution in [0.3, 0.4) is 0 Å². The van der Waals surface area contributed by atoms with Crippen molar-refractivity contribution in [3.8, 4) is 5.75 Å². The molecular weight excluding hydrogens is 272 g/mol. The van der Waals surface area contributed by atoms with Crippen LogP contribution >= 0.6 is 11.3 Å². The molecule has 0 aliphatic heterocycles. The van der Waals surface area contributed by atoms with Gasteiger partial charge in [0.25, 0.3) is 0 Å². The Morgan fingerprint density at radius 1 is 1.35 bits per heavy atom. The third-order valence-electron chi connectivity index (χ3n) is 2.95. The maximum absolute atomic E-state index is 5.61. The molecule has 0 saturated carbocycles. The van der Waals surface area contributed by atoms with E-state index in [9.17, 15) is 0 Å². The van der Waals surface area contributed by atoms with Crippen LogP contribution in [0, 0.1) is 6.92 Å². The summed E-state index contributed by atoms with van der Waals surface area (Å²) in [5, 5.41) is 3.48. The molecule has 2 aromatic rings. The van der Waals surface area contributed by atoms with E-state index in [-0.39, 0.29) is 6.04 Å². The van der Waals surface area contributed by atoms with Crippen molar-refractivity contribution < 1.29 is 9.47 Å². The van der Waals surface area contributed by atoms with Crippen molar-refractivity contribution >= 4 is 17.0 Å². The minimum Gasteiger partial charge on any atom is -0.491 e. The van der Waals surface area contributed by atoms with Crippen molar-refractivity contribution in [1.82, 2.24) is 4.98 Å². The fourth-order valence-corrected chi connectivity index (χ4v) is 2.77. The summed E-state index contributed by atoms with van der Waals surface area (Å²) in [7, 11) is 1.67. The molecule has 20 heavy (non-hydrogen) atoms. The van der Waals surface area contributed by atoms with Gasteiger partial charge in [-0.25, -0.2) is 4.98 Å². The maximum Gasteiger partial charge on any atom is 0.121 e. The fourth-order valence-electron chi connectivity index (χ4n) is 1.96. The standard InChI is InChI=1S/C15H20N2O2S/c1-11-15(20-10-16-11)12(2)17-13-5-4-6-14(9-13)19-8-7-18-3/h4-6,9-10,12,17H,7-8H2,1-3H3. The van der Waals surface area contributed by atoms with Crippen LogP contribution in [0.5, 0.6) is 5.75 Å². The number of rotatable bonds is 7. The van der Waals surface area contributed by atoms with Crippen molar-refractivity contribution in [2.24, 2.45) is 0 Å². The van der Waals surface area contributed by atoms with E-state index in [1.807, 2.05) is 36.7 Å². The van der Waals surface area contributed by atoms with Gasteiger partial charge < -0.3 is 14.8 Å². The highest BCUT2D eigenvalue weighted by atomic mass is 32.1. The Labute approximate surface area is 123 Å². The summed E-state index contributed by atoms with van der Waals surface area (Å²) in [6.45, 7) is 5.32. The molecule has 2 rings (SSSR count). The van der Waals surface area contributed by atoms with Crippen molar-refractivity contribution in [1.29, 1.82) is 0 Å². The van der Waals surface area contributed by atoms with Crippen LogP contribution in [0.15, 0.2) is 29.8 Å². The molecule has 1 aromatic carbocycles. The Balaban J connectivity index is 1.99. The number of hydrogen-bond donors (Lipinski definition) is 1. The average molecular weight is 292 g/mol. The Kier molecular flexibility index (Phi) is 5.38. The van der Waals surface area contributed by atoms with Crippen molar-refractivity contribution in [3.05, 3.63) is 40.3 Å². The van der Waals surface area contributed by atoms with E-state index in [0.29, 0.717) is 13.2 Å². The molecule has 0 aliphatic carbocycles. The number of benzene rings is 1. The molecule has 1 heterocycles. The van der Waals surface area contributed by atoms with Crippen LogP contribution in [0.1, 0.15) is 23.5 Å². The summed E-state index contributed by atoms with van der Waals surface area (Å²) >= 11 is 1.68. The third-order valence-corrected chi connectivity index (χ3v) is 4.06. The number of anilines is 1. The van der Waals surface area contributed by atoms with Gasteiger partial charge in [-0.05, 0) is 26.0 Å². The fraction of sp³-hybridized carbons (Fsp3) is 0.400. The van der Waals surface area contributed by atoms with Gasteiger partial charge in [-0.3, -0.25) is 0 Å². The summed E-state index contributed by atoms with van der Waals surface area (Å²) in [5.41, 5.74) is 4.01. The zero-order valence-electron chi connectivity index (χ0n) is 12.1. The first kappa shape index (κ1) is 14.8. The predicted molar refractivity (Wildman–Crippen MR) is 82.7 cm³/mol. The quantitative estimate of drug-likeness (QED) is 0.791. The smallest absolute Gasteiger partial charge is 0.121 e. The van der Waals surface area contributed by atoms with Crippen molar-refractivity contribution in [2.75, 3.05) is 25.6 Å². The van der Waals surface area contributed by atoms with Crippen LogP contribution in [0.25, 0.3) is 0 Å². The van der Waals surface area contributed by atoms with Gasteiger partial charge in [-0.1, -0.05) is 6.07 Å². The lowest BCUT2D eigenvalue weighted by molar-refractivity contribution is 0.146. The number of nitrogens with zero attached hydrogens (tertiary/aromatic N) is 1. The van der Waals surface area contributed by atoms with E-state index in [2.05, 4.69) is 17.2 Å². The summed E-state index contributed by atoms with van der Waals surface area (Å²) in [4.78, 5) is 5.55. The molecular formula is C15H20N2O2S. The molecule has 0 amide bonds. The van der Waals surface area contributed by atoms with Gasteiger partial charge in [0.05, 0.1) is 23.9 Å². The van der Waals surface area contributed by atoms with Gasteiger partial charge in [0.15, 0.2) is 0 Å². The number of thiazole rings is 1. The molecule has 1 atom stereocenters. The largest absolute Gasteiger partial charge is 0.491 e. The lowest BCUT2D eigenvalue weighted by Crippen LogP contribution is -2.07. The predicted octanol–water partition coefficient (Wildman–Crippen LogP) is 3.65. The second-order valence-electron chi connectivity index (χ2n) is 4.54. The molecule has 0 radical (unpaired) electrons. The van der Waals surface area contributed by atoms with Crippen LogP contribution in [-0.4, -0.2) is 25.3 Å². The minimum atomic E-state index is 0.233. The Bertz CT molecular complexity index is 542. The lowest BCUT2D eigenvalue weighted by atomic mass is 10.2. The van der Waals surface area contributed by atoms with Crippen molar-refractivity contribution in [3.63, 3.8) is 0 Å². The topological polar surface area (TPSA) is 43.4 Å². The summed E-state index contributed by atoms with van der Waals surface area (Å²) in [5.74, 6) is 0.847. The zero-order chi connectivity index (χ0) is 14.4. The number of aromatic nitrogens is 1. The number of hydrogen-bond acceptors (Lipinski definition) is 5. The second kappa shape index (κ2) is 7.26. The molecule has 1 aromatic heterocycles. The molecule has 0 spiro atoms. The normalized spacial score (nSPS) is 12.2. The first-order valence-electron chi connectivity index (χ1n) is 6.59. The average Bonchev–Trinajstić information content (AvgIpc) is 2.86. The Morgan fingerprint density at radius 2 is 2.20 bits per heavy atom. The lowest BCUT2D eigenvalue weighted by Gasteiger charge is -2.15. The second-order valence-corrected chi connectivity index (χ2v) is 5.42.